The van der Waals surface area contributed by atoms with E-state index in [1.54, 1.807) is 6.07 Å². The van der Waals surface area contributed by atoms with E-state index in [4.69, 9.17) is 5.11 Å². The highest BCUT2D eigenvalue weighted by Crippen LogP contribution is 2.50. The molecule has 1 aliphatic rings. The van der Waals surface area contributed by atoms with Crippen LogP contribution in [0.25, 0.3) is 0 Å². The molecule has 2 N–H and O–H groups in total. The van der Waals surface area contributed by atoms with Crippen molar-refractivity contribution in [3.63, 3.8) is 0 Å². The predicted molar refractivity (Wildman–Crippen MR) is 67.0 cm³/mol. The molecule has 18 heavy (non-hydrogen) atoms. The Morgan fingerprint density at radius 3 is 2.72 bits per heavy atom. The van der Waals surface area contributed by atoms with E-state index in [2.05, 4.69) is 19.2 Å². The summed E-state index contributed by atoms with van der Waals surface area (Å²) in [6.45, 7) is 5.97. The fourth-order valence-electron chi connectivity index (χ4n) is 2.16. The minimum atomic E-state index is -1.23. The highest BCUT2D eigenvalue weighted by molar-refractivity contribution is 5.87. The van der Waals surface area contributed by atoms with E-state index in [1.807, 2.05) is 0 Å². The first kappa shape index (κ1) is 13.0. The maximum atomic E-state index is 13.4. The molecule has 0 heterocycles. The van der Waals surface area contributed by atoms with Gasteiger partial charge in [-0.2, -0.15) is 0 Å². The third-order valence-corrected chi connectivity index (χ3v) is 3.70. The number of aromatic carboxylic acids is 1. The number of nitrogens with one attached hydrogen (secondary N) is 1. The van der Waals surface area contributed by atoms with E-state index in [0.717, 1.165) is 12.1 Å². The van der Waals surface area contributed by atoms with Crippen LogP contribution in [0.3, 0.4) is 0 Å². The van der Waals surface area contributed by atoms with Gasteiger partial charge in [-0.25, -0.2) is 9.18 Å². The van der Waals surface area contributed by atoms with Crippen LogP contribution < -0.4 is 5.32 Å². The molecule has 0 aromatic heterocycles. The van der Waals surface area contributed by atoms with Gasteiger partial charge in [-0.3, -0.25) is 0 Å². The molecule has 2 rings (SSSR count). The lowest BCUT2D eigenvalue weighted by Crippen LogP contribution is -2.18. The van der Waals surface area contributed by atoms with Crippen LogP contribution >= 0.6 is 0 Å². The molecule has 98 valence electrons. The average molecular weight is 251 g/mol. The van der Waals surface area contributed by atoms with E-state index in [9.17, 15) is 9.18 Å². The summed E-state index contributed by atoms with van der Waals surface area (Å²) in [5.74, 6) is -1.21. The molecule has 4 heteroatoms. The SMILES string of the molecule is CC1(C)CC1CNCc1ccc(C(=O)O)c(F)c1. The molecule has 1 unspecified atom stereocenters. The topological polar surface area (TPSA) is 49.3 Å². The zero-order valence-corrected chi connectivity index (χ0v) is 10.7. The van der Waals surface area contributed by atoms with Crippen molar-refractivity contribution < 1.29 is 14.3 Å². The minimum absolute atomic E-state index is 0.276. The van der Waals surface area contributed by atoms with Crippen LogP contribution in [0.5, 0.6) is 0 Å². The Balaban J connectivity index is 1.87. The van der Waals surface area contributed by atoms with Crippen molar-refractivity contribution in [2.24, 2.45) is 11.3 Å². The molecule has 0 spiro atoms. The molecule has 3 nitrogen and oxygen atoms in total. The minimum Gasteiger partial charge on any atom is -0.478 e. The fraction of sp³-hybridized carbons (Fsp3) is 0.500. The normalized spacial score (nSPS) is 20.7. The molecule has 1 aromatic carbocycles. The van der Waals surface area contributed by atoms with Crippen molar-refractivity contribution in [3.05, 3.63) is 35.1 Å². The molecular weight excluding hydrogens is 233 g/mol. The maximum Gasteiger partial charge on any atom is 0.338 e. The molecule has 0 bridgehead atoms. The number of rotatable bonds is 5. The number of halogens is 1. The van der Waals surface area contributed by atoms with Crippen LogP contribution in [0.2, 0.25) is 0 Å². The van der Waals surface area contributed by atoms with Crippen LogP contribution in [0.15, 0.2) is 18.2 Å². The van der Waals surface area contributed by atoms with Crippen molar-refractivity contribution in [2.45, 2.75) is 26.8 Å². The molecule has 0 saturated heterocycles. The van der Waals surface area contributed by atoms with Crippen LogP contribution in [0, 0.1) is 17.2 Å². The summed E-state index contributed by atoms with van der Waals surface area (Å²) in [5, 5.41) is 12.0. The van der Waals surface area contributed by atoms with Gasteiger partial charge in [0.1, 0.15) is 5.82 Å². The standard InChI is InChI=1S/C14H18FNO2/c1-14(2)6-10(14)8-16-7-9-3-4-11(13(17)18)12(15)5-9/h3-5,10,16H,6-8H2,1-2H3,(H,17,18). The molecule has 1 saturated carbocycles. The number of carboxylic acids is 1. The molecule has 1 aliphatic carbocycles. The summed E-state index contributed by atoms with van der Waals surface area (Å²) in [6, 6.07) is 4.25. The first-order chi connectivity index (χ1) is 8.40. The number of hydrogen-bond acceptors (Lipinski definition) is 2. The molecule has 1 atom stereocenters. The van der Waals surface area contributed by atoms with Crippen molar-refractivity contribution in [3.8, 4) is 0 Å². The van der Waals surface area contributed by atoms with Gasteiger partial charge in [0.05, 0.1) is 5.56 Å². The highest BCUT2D eigenvalue weighted by Gasteiger charge is 2.44. The van der Waals surface area contributed by atoms with E-state index in [1.165, 1.54) is 18.6 Å². The van der Waals surface area contributed by atoms with Gasteiger partial charge in [-0.1, -0.05) is 19.9 Å². The molecule has 0 amide bonds. The Labute approximate surface area is 106 Å². The number of hydrogen-bond donors (Lipinski definition) is 2. The van der Waals surface area contributed by atoms with Crippen LogP contribution in [-0.4, -0.2) is 17.6 Å². The molecule has 1 aromatic rings. The Hall–Kier alpha value is -1.42. The molecular formula is C14H18FNO2. The quantitative estimate of drug-likeness (QED) is 0.845. The summed E-state index contributed by atoms with van der Waals surface area (Å²) in [4.78, 5) is 10.7. The van der Waals surface area contributed by atoms with E-state index < -0.39 is 11.8 Å². The van der Waals surface area contributed by atoms with Crippen molar-refractivity contribution in [1.82, 2.24) is 5.32 Å². The second-order valence-electron chi connectivity index (χ2n) is 5.64. The van der Waals surface area contributed by atoms with Gasteiger partial charge < -0.3 is 10.4 Å². The van der Waals surface area contributed by atoms with Crippen LogP contribution in [0.4, 0.5) is 4.39 Å². The second-order valence-corrected chi connectivity index (χ2v) is 5.64. The summed E-state index contributed by atoms with van der Waals surface area (Å²) >= 11 is 0. The third kappa shape index (κ3) is 2.88. The molecule has 0 radical (unpaired) electrons. The summed E-state index contributed by atoms with van der Waals surface area (Å²) in [7, 11) is 0. The lowest BCUT2D eigenvalue weighted by molar-refractivity contribution is 0.0692. The lowest BCUT2D eigenvalue weighted by atomic mass is 10.1. The highest BCUT2D eigenvalue weighted by atomic mass is 19.1. The summed E-state index contributed by atoms with van der Waals surface area (Å²) < 4.78 is 13.4. The van der Waals surface area contributed by atoms with E-state index >= 15 is 0 Å². The van der Waals surface area contributed by atoms with Gasteiger partial charge in [0.15, 0.2) is 0 Å². The Bertz CT molecular complexity index is 471. The smallest absolute Gasteiger partial charge is 0.338 e. The lowest BCUT2D eigenvalue weighted by Gasteiger charge is -2.07. The first-order valence-corrected chi connectivity index (χ1v) is 6.12. The van der Waals surface area contributed by atoms with Crippen LogP contribution in [0.1, 0.15) is 36.2 Å². The molecule has 1 fully saturated rings. The van der Waals surface area contributed by atoms with Gasteiger partial charge in [0.25, 0.3) is 0 Å². The third-order valence-electron chi connectivity index (χ3n) is 3.70. The van der Waals surface area contributed by atoms with E-state index in [0.29, 0.717) is 17.9 Å². The number of carboxylic acid groups (broad SMARTS) is 1. The Morgan fingerprint density at radius 1 is 1.56 bits per heavy atom. The van der Waals surface area contributed by atoms with Crippen molar-refractivity contribution >= 4 is 5.97 Å². The van der Waals surface area contributed by atoms with Gasteiger partial charge in [0.2, 0.25) is 0 Å². The first-order valence-electron chi connectivity index (χ1n) is 6.12. The van der Waals surface area contributed by atoms with Gasteiger partial charge in [-0.05, 0) is 42.0 Å². The summed E-state index contributed by atoms with van der Waals surface area (Å²) in [6.07, 6.45) is 1.23. The van der Waals surface area contributed by atoms with E-state index in [-0.39, 0.29) is 5.56 Å². The van der Waals surface area contributed by atoms with Gasteiger partial charge in [0, 0.05) is 6.54 Å². The predicted octanol–water partition coefficient (Wildman–Crippen LogP) is 2.66. The Kier molecular flexibility index (Phi) is 3.39. The molecule has 0 aliphatic heterocycles. The van der Waals surface area contributed by atoms with Crippen molar-refractivity contribution in [1.29, 1.82) is 0 Å². The van der Waals surface area contributed by atoms with Gasteiger partial charge >= 0.3 is 5.97 Å². The zero-order chi connectivity index (χ0) is 13.3. The number of carbonyl (C=O) groups is 1. The van der Waals surface area contributed by atoms with Crippen molar-refractivity contribution in [2.75, 3.05) is 6.54 Å². The number of benzene rings is 1. The monoisotopic (exact) mass is 251 g/mol. The largest absolute Gasteiger partial charge is 0.478 e. The Morgan fingerprint density at radius 2 is 2.22 bits per heavy atom. The maximum absolute atomic E-state index is 13.4. The zero-order valence-electron chi connectivity index (χ0n) is 10.7. The average Bonchev–Trinajstić information content (AvgIpc) is 2.86. The van der Waals surface area contributed by atoms with Gasteiger partial charge in [-0.15, -0.1) is 0 Å². The second kappa shape index (κ2) is 4.69. The van der Waals surface area contributed by atoms with Crippen LogP contribution in [-0.2, 0) is 6.54 Å². The fourth-order valence-corrected chi connectivity index (χ4v) is 2.16. The summed E-state index contributed by atoms with van der Waals surface area (Å²) in [5.41, 5.74) is 0.934.